The first-order chi connectivity index (χ1) is 10.6. The molecule has 0 spiro atoms. The SMILES string of the molecule is CC1(C)[C@H]2C/C(=C\c3cnn(-c4ccccc4)n3)C(=O)[C@@H]1C2. The minimum Gasteiger partial charge on any atom is -0.294 e. The van der Waals surface area contributed by atoms with Gasteiger partial charge in [-0.2, -0.15) is 9.90 Å². The van der Waals surface area contributed by atoms with Crippen molar-refractivity contribution < 1.29 is 4.79 Å². The first-order valence-electron chi connectivity index (χ1n) is 7.78. The molecule has 3 fully saturated rings. The summed E-state index contributed by atoms with van der Waals surface area (Å²) < 4.78 is 0. The van der Waals surface area contributed by atoms with E-state index in [-0.39, 0.29) is 11.3 Å². The highest BCUT2D eigenvalue weighted by molar-refractivity contribution is 6.03. The van der Waals surface area contributed by atoms with E-state index in [2.05, 4.69) is 24.0 Å². The summed E-state index contributed by atoms with van der Waals surface area (Å²) >= 11 is 0. The Balaban J connectivity index is 1.60. The number of rotatable bonds is 2. The van der Waals surface area contributed by atoms with Crippen molar-refractivity contribution in [3.05, 3.63) is 47.8 Å². The van der Waals surface area contributed by atoms with E-state index in [4.69, 9.17) is 0 Å². The maximum Gasteiger partial charge on any atom is 0.162 e. The third-order valence-electron chi connectivity index (χ3n) is 5.39. The van der Waals surface area contributed by atoms with Gasteiger partial charge in [0, 0.05) is 5.92 Å². The Morgan fingerprint density at radius 1 is 1.27 bits per heavy atom. The summed E-state index contributed by atoms with van der Waals surface area (Å²) in [6.07, 6.45) is 5.57. The van der Waals surface area contributed by atoms with E-state index in [1.165, 1.54) is 0 Å². The maximum atomic E-state index is 12.5. The number of carbonyl (C=O) groups is 1. The van der Waals surface area contributed by atoms with E-state index in [0.29, 0.717) is 11.7 Å². The van der Waals surface area contributed by atoms with Crippen LogP contribution in [-0.4, -0.2) is 20.8 Å². The molecule has 4 nitrogen and oxygen atoms in total. The van der Waals surface area contributed by atoms with Crippen molar-refractivity contribution in [2.45, 2.75) is 26.7 Å². The maximum absolute atomic E-state index is 12.5. The molecule has 1 aromatic carbocycles. The summed E-state index contributed by atoms with van der Waals surface area (Å²) in [4.78, 5) is 14.1. The average molecular weight is 293 g/mol. The highest BCUT2D eigenvalue weighted by atomic mass is 16.1. The van der Waals surface area contributed by atoms with Crippen LogP contribution < -0.4 is 0 Å². The molecule has 0 unspecified atom stereocenters. The fourth-order valence-corrected chi connectivity index (χ4v) is 3.73. The van der Waals surface area contributed by atoms with Crippen LogP contribution in [0.2, 0.25) is 0 Å². The molecule has 5 rings (SSSR count). The summed E-state index contributed by atoms with van der Waals surface area (Å²) in [5.41, 5.74) is 2.77. The molecule has 4 heteroatoms. The largest absolute Gasteiger partial charge is 0.294 e. The zero-order valence-corrected chi connectivity index (χ0v) is 12.9. The molecule has 0 saturated heterocycles. The van der Waals surface area contributed by atoms with Crippen LogP contribution in [0.3, 0.4) is 0 Å². The van der Waals surface area contributed by atoms with Crippen molar-refractivity contribution in [3.63, 3.8) is 0 Å². The number of fused-ring (bicyclic) bond motifs is 2. The lowest BCUT2D eigenvalue weighted by Crippen LogP contribution is -2.53. The number of hydrogen-bond acceptors (Lipinski definition) is 3. The molecule has 0 amide bonds. The Labute approximate surface area is 129 Å². The van der Waals surface area contributed by atoms with E-state index in [9.17, 15) is 4.79 Å². The average Bonchev–Trinajstić information content (AvgIpc) is 2.98. The van der Waals surface area contributed by atoms with Gasteiger partial charge in [0.05, 0.1) is 11.9 Å². The molecule has 3 aliphatic rings. The Bertz CT molecular complexity index is 758. The molecule has 112 valence electrons. The van der Waals surface area contributed by atoms with Gasteiger partial charge < -0.3 is 0 Å². The van der Waals surface area contributed by atoms with E-state index in [1.807, 2.05) is 36.4 Å². The number of allylic oxidation sites excluding steroid dienone is 1. The predicted molar refractivity (Wildman–Crippen MR) is 84.3 cm³/mol. The van der Waals surface area contributed by atoms with Crippen LogP contribution in [0, 0.1) is 17.3 Å². The first-order valence-corrected chi connectivity index (χ1v) is 7.78. The Hall–Kier alpha value is -2.23. The molecule has 2 atom stereocenters. The number of Topliss-reactive ketones (excluding diaryl/α,β-unsaturated/α-hetero) is 1. The van der Waals surface area contributed by atoms with Crippen LogP contribution in [0.4, 0.5) is 0 Å². The van der Waals surface area contributed by atoms with Gasteiger partial charge in [-0.25, -0.2) is 0 Å². The number of aromatic nitrogens is 3. The first kappa shape index (κ1) is 13.4. The van der Waals surface area contributed by atoms with Gasteiger partial charge in [-0.3, -0.25) is 4.79 Å². The lowest BCUT2D eigenvalue weighted by Gasteiger charge is -2.55. The second kappa shape index (κ2) is 4.63. The lowest BCUT2D eigenvalue weighted by atomic mass is 9.47. The van der Waals surface area contributed by atoms with Crippen LogP contribution in [0.5, 0.6) is 0 Å². The van der Waals surface area contributed by atoms with Crippen molar-refractivity contribution >= 4 is 11.9 Å². The van der Waals surface area contributed by atoms with E-state index < -0.39 is 0 Å². The minimum absolute atomic E-state index is 0.177. The summed E-state index contributed by atoms with van der Waals surface area (Å²) in [6.45, 7) is 4.43. The van der Waals surface area contributed by atoms with Crippen LogP contribution in [0.25, 0.3) is 11.8 Å². The Kier molecular flexibility index (Phi) is 2.83. The molecule has 1 aromatic heterocycles. The van der Waals surface area contributed by atoms with E-state index in [0.717, 1.165) is 29.8 Å². The van der Waals surface area contributed by atoms with Crippen molar-refractivity contribution in [1.82, 2.24) is 15.0 Å². The quantitative estimate of drug-likeness (QED) is 0.798. The van der Waals surface area contributed by atoms with E-state index in [1.54, 1.807) is 11.0 Å². The number of carbonyl (C=O) groups excluding carboxylic acids is 1. The standard InChI is InChI=1S/C18H19N3O/c1-18(2)13-8-12(17(22)16(18)10-13)9-14-11-19-21(20-14)15-6-4-3-5-7-15/h3-7,9,11,13,16H,8,10H2,1-2H3/b12-9+/t13-,16-/m0/s1. The van der Waals surface area contributed by atoms with Gasteiger partial charge in [-0.15, -0.1) is 5.10 Å². The molecule has 0 N–H and O–H groups in total. The molecule has 0 radical (unpaired) electrons. The number of hydrogen-bond donors (Lipinski definition) is 0. The van der Waals surface area contributed by atoms with Crippen LogP contribution >= 0.6 is 0 Å². The smallest absolute Gasteiger partial charge is 0.162 e. The van der Waals surface area contributed by atoms with Crippen molar-refractivity contribution in [3.8, 4) is 5.69 Å². The molecule has 22 heavy (non-hydrogen) atoms. The summed E-state index contributed by atoms with van der Waals surface area (Å²) in [5, 5.41) is 8.75. The molecule has 1 heterocycles. The van der Waals surface area contributed by atoms with Gasteiger partial charge >= 0.3 is 0 Å². The number of benzene rings is 1. The van der Waals surface area contributed by atoms with Crippen molar-refractivity contribution in [2.24, 2.45) is 17.3 Å². The fourth-order valence-electron chi connectivity index (χ4n) is 3.73. The van der Waals surface area contributed by atoms with Crippen molar-refractivity contribution in [2.75, 3.05) is 0 Å². The van der Waals surface area contributed by atoms with Gasteiger partial charge in [0.15, 0.2) is 5.78 Å². The van der Waals surface area contributed by atoms with Gasteiger partial charge in [0.2, 0.25) is 0 Å². The summed E-state index contributed by atoms with van der Waals surface area (Å²) in [5.74, 6) is 1.13. The Morgan fingerprint density at radius 3 is 2.73 bits per heavy atom. The number of ketones is 1. The molecule has 2 bridgehead atoms. The van der Waals surface area contributed by atoms with Crippen LogP contribution in [0.1, 0.15) is 32.4 Å². The molecule has 2 aromatic rings. The van der Waals surface area contributed by atoms with Gasteiger partial charge in [0.25, 0.3) is 0 Å². The molecule has 0 aliphatic heterocycles. The monoisotopic (exact) mass is 293 g/mol. The Morgan fingerprint density at radius 2 is 2.05 bits per heavy atom. The highest BCUT2D eigenvalue weighted by Gasteiger charge is 2.55. The highest BCUT2D eigenvalue weighted by Crippen LogP contribution is 2.59. The summed E-state index contributed by atoms with van der Waals surface area (Å²) in [6, 6.07) is 9.79. The molecule has 3 saturated carbocycles. The summed E-state index contributed by atoms with van der Waals surface area (Å²) in [7, 11) is 0. The van der Waals surface area contributed by atoms with Gasteiger partial charge in [-0.1, -0.05) is 32.0 Å². The number of nitrogens with zero attached hydrogens (tertiary/aromatic N) is 3. The van der Waals surface area contributed by atoms with Crippen LogP contribution in [0.15, 0.2) is 42.1 Å². The molecule has 3 aliphatic carbocycles. The fraction of sp³-hybridized carbons (Fsp3) is 0.389. The topological polar surface area (TPSA) is 47.8 Å². The zero-order valence-electron chi connectivity index (χ0n) is 12.9. The second-order valence-corrected chi connectivity index (χ2v) is 6.94. The van der Waals surface area contributed by atoms with E-state index >= 15 is 0 Å². The number of para-hydroxylation sites is 1. The lowest BCUT2D eigenvalue weighted by molar-refractivity contribution is -0.140. The zero-order chi connectivity index (χ0) is 15.3. The third-order valence-corrected chi connectivity index (χ3v) is 5.39. The van der Waals surface area contributed by atoms with Gasteiger partial charge in [0.1, 0.15) is 5.69 Å². The van der Waals surface area contributed by atoms with Crippen molar-refractivity contribution in [1.29, 1.82) is 0 Å². The van der Waals surface area contributed by atoms with Crippen LogP contribution in [-0.2, 0) is 4.79 Å². The third kappa shape index (κ3) is 1.94. The molecular weight excluding hydrogens is 274 g/mol. The van der Waals surface area contributed by atoms with Gasteiger partial charge in [-0.05, 0) is 48.0 Å². The minimum atomic E-state index is 0.177. The second-order valence-electron chi connectivity index (χ2n) is 6.94. The molecular formula is C18H19N3O. The predicted octanol–water partition coefficient (Wildman–Crippen LogP) is 3.29. The normalized spacial score (nSPS) is 27.7.